The predicted molar refractivity (Wildman–Crippen MR) is 74.0 cm³/mol. The number of benzene rings is 1. The standard InChI is InChI=1S/C16H24FN/c1-12(2)10-18-11-15-8-7-13(15)9-14-5-3-4-6-16(14)17/h3-6,12-13,15,18H,7-11H2,1-2H3. The van der Waals surface area contributed by atoms with Crippen LogP contribution < -0.4 is 5.32 Å². The molecule has 18 heavy (non-hydrogen) atoms. The Hall–Kier alpha value is -0.890. The highest BCUT2D eigenvalue weighted by Crippen LogP contribution is 2.36. The van der Waals surface area contributed by atoms with Crippen LogP contribution in [0.2, 0.25) is 0 Å². The maximum atomic E-state index is 13.6. The van der Waals surface area contributed by atoms with Gasteiger partial charge in [-0.1, -0.05) is 32.0 Å². The van der Waals surface area contributed by atoms with E-state index in [9.17, 15) is 4.39 Å². The monoisotopic (exact) mass is 249 g/mol. The van der Waals surface area contributed by atoms with Gasteiger partial charge < -0.3 is 5.32 Å². The van der Waals surface area contributed by atoms with Crippen LogP contribution in [0.5, 0.6) is 0 Å². The maximum absolute atomic E-state index is 13.6. The molecule has 0 aromatic heterocycles. The van der Waals surface area contributed by atoms with Crippen LogP contribution in [0.4, 0.5) is 4.39 Å². The van der Waals surface area contributed by atoms with Gasteiger partial charge in [-0.25, -0.2) is 4.39 Å². The van der Waals surface area contributed by atoms with E-state index in [1.165, 1.54) is 12.8 Å². The van der Waals surface area contributed by atoms with Crippen molar-refractivity contribution in [1.29, 1.82) is 0 Å². The Morgan fingerprint density at radius 1 is 1.22 bits per heavy atom. The first-order valence-electron chi connectivity index (χ1n) is 7.11. The second kappa shape index (κ2) is 6.33. The van der Waals surface area contributed by atoms with Crippen molar-refractivity contribution in [3.05, 3.63) is 35.6 Å². The third kappa shape index (κ3) is 3.55. The molecule has 1 N–H and O–H groups in total. The van der Waals surface area contributed by atoms with Crippen molar-refractivity contribution >= 4 is 0 Å². The molecule has 2 unspecified atom stereocenters. The normalized spacial score (nSPS) is 23.1. The third-order valence-electron chi connectivity index (χ3n) is 3.97. The summed E-state index contributed by atoms with van der Waals surface area (Å²) in [5.74, 6) is 2.07. The molecule has 1 saturated carbocycles. The summed E-state index contributed by atoms with van der Waals surface area (Å²) in [6, 6.07) is 7.19. The highest BCUT2D eigenvalue weighted by atomic mass is 19.1. The average Bonchev–Trinajstić information content (AvgIpc) is 2.32. The van der Waals surface area contributed by atoms with E-state index in [1.54, 1.807) is 12.1 Å². The Morgan fingerprint density at radius 3 is 2.56 bits per heavy atom. The Labute approximate surface area is 110 Å². The van der Waals surface area contributed by atoms with Crippen molar-refractivity contribution in [1.82, 2.24) is 5.32 Å². The lowest BCUT2D eigenvalue weighted by atomic mass is 9.70. The van der Waals surface area contributed by atoms with Gasteiger partial charge in [-0.3, -0.25) is 0 Å². The number of nitrogens with one attached hydrogen (secondary N) is 1. The first-order valence-corrected chi connectivity index (χ1v) is 7.11. The van der Waals surface area contributed by atoms with Crippen LogP contribution >= 0.6 is 0 Å². The molecule has 2 heteroatoms. The largest absolute Gasteiger partial charge is 0.316 e. The first kappa shape index (κ1) is 13.5. The fourth-order valence-corrected chi connectivity index (χ4v) is 2.68. The Morgan fingerprint density at radius 2 is 1.94 bits per heavy atom. The predicted octanol–water partition coefficient (Wildman–Crippen LogP) is 3.64. The molecule has 1 aliphatic rings. The second-order valence-electron chi connectivity index (χ2n) is 5.95. The van der Waals surface area contributed by atoms with Gasteiger partial charge >= 0.3 is 0 Å². The zero-order valence-corrected chi connectivity index (χ0v) is 11.5. The molecule has 1 fully saturated rings. The van der Waals surface area contributed by atoms with Crippen LogP contribution in [0.15, 0.2) is 24.3 Å². The van der Waals surface area contributed by atoms with Crippen LogP contribution in [-0.2, 0) is 6.42 Å². The van der Waals surface area contributed by atoms with Gasteiger partial charge in [-0.2, -0.15) is 0 Å². The first-order chi connectivity index (χ1) is 8.66. The zero-order valence-electron chi connectivity index (χ0n) is 11.5. The van der Waals surface area contributed by atoms with E-state index in [0.29, 0.717) is 11.8 Å². The van der Waals surface area contributed by atoms with Crippen LogP contribution in [0.25, 0.3) is 0 Å². The average molecular weight is 249 g/mol. The lowest BCUT2D eigenvalue weighted by Gasteiger charge is -2.37. The molecule has 100 valence electrons. The summed E-state index contributed by atoms with van der Waals surface area (Å²) in [5.41, 5.74) is 0.885. The number of rotatable bonds is 6. The summed E-state index contributed by atoms with van der Waals surface area (Å²) in [5, 5.41) is 3.52. The summed E-state index contributed by atoms with van der Waals surface area (Å²) in [6.07, 6.45) is 3.45. The Bertz CT molecular complexity index is 375. The molecule has 1 aromatic carbocycles. The van der Waals surface area contributed by atoms with Gasteiger partial charge in [-0.05, 0) is 61.7 Å². The van der Waals surface area contributed by atoms with E-state index >= 15 is 0 Å². The molecule has 2 atom stereocenters. The van der Waals surface area contributed by atoms with E-state index < -0.39 is 0 Å². The lowest BCUT2D eigenvalue weighted by Crippen LogP contribution is -2.37. The van der Waals surface area contributed by atoms with E-state index in [-0.39, 0.29) is 5.82 Å². The quantitative estimate of drug-likeness (QED) is 0.811. The molecule has 0 bridgehead atoms. The van der Waals surface area contributed by atoms with Gasteiger partial charge in [-0.15, -0.1) is 0 Å². The molecule has 0 radical (unpaired) electrons. The highest BCUT2D eigenvalue weighted by Gasteiger charge is 2.30. The summed E-state index contributed by atoms with van der Waals surface area (Å²) in [6.45, 7) is 6.63. The number of halogens is 1. The fraction of sp³-hybridized carbons (Fsp3) is 0.625. The van der Waals surface area contributed by atoms with E-state index in [0.717, 1.165) is 31.0 Å². The molecule has 0 heterocycles. The van der Waals surface area contributed by atoms with E-state index in [1.807, 2.05) is 12.1 Å². The molecular formula is C16H24FN. The second-order valence-corrected chi connectivity index (χ2v) is 5.95. The van der Waals surface area contributed by atoms with Crippen molar-refractivity contribution in [3.63, 3.8) is 0 Å². The topological polar surface area (TPSA) is 12.0 Å². The zero-order chi connectivity index (χ0) is 13.0. The van der Waals surface area contributed by atoms with Crippen molar-refractivity contribution in [3.8, 4) is 0 Å². The highest BCUT2D eigenvalue weighted by molar-refractivity contribution is 5.18. The molecule has 1 nitrogen and oxygen atoms in total. The smallest absolute Gasteiger partial charge is 0.126 e. The molecule has 0 saturated heterocycles. The van der Waals surface area contributed by atoms with Crippen LogP contribution in [0.1, 0.15) is 32.3 Å². The van der Waals surface area contributed by atoms with Gasteiger partial charge in [0.05, 0.1) is 0 Å². The van der Waals surface area contributed by atoms with Crippen molar-refractivity contribution in [2.75, 3.05) is 13.1 Å². The van der Waals surface area contributed by atoms with Crippen molar-refractivity contribution in [2.24, 2.45) is 17.8 Å². The molecule has 1 aliphatic carbocycles. The summed E-state index contributed by atoms with van der Waals surface area (Å²) < 4.78 is 13.6. The summed E-state index contributed by atoms with van der Waals surface area (Å²) in [4.78, 5) is 0. The van der Waals surface area contributed by atoms with E-state index in [2.05, 4.69) is 19.2 Å². The minimum absolute atomic E-state index is 0.0433. The SMILES string of the molecule is CC(C)CNCC1CCC1Cc1ccccc1F. The number of hydrogen-bond acceptors (Lipinski definition) is 1. The Kier molecular flexibility index (Phi) is 4.76. The summed E-state index contributed by atoms with van der Waals surface area (Å²) >= 11 is 0. The van der Waals surface area contributed by atoms with Gasteiger partial charge in [0.2, 0.25) is 0 Å². The molecular weight excluding hydrogens is 225 g/mol. The minimum atomic E-state index is -0.0433. The van der Waals surface area contributed by atoms with Gasteiger partial charge in [0.25, 0.3) is 0 Å². The molecule has 0 amide bonds. The molecule has 0 spiro atoms. The third-order valence-corrected chi connectivity index (χ3v) is 3.97. The fourth-order valence-electron chi connectivity index (χ4n) is 2.68. The minimum Gasteiger partial charge on any atom is -0.316 e. The van der Waals surface area contributed by atoms with Crippen molar-refractivity contribution < 1.29 is 4.39 Å². The van der Waals surface area contributed by atoms with Crippen molar-refractivity contribution in [2.45, 2.75) is 33.1 Å². The van der Waals surface area contributed by atoms with Crippen LogP contribution in [0.3, 0.4) is 0 Å². The van der Waals surface area contributed by atoms with Gasteiger partial charge in [0.1, 0.15) is 5.82 Å². The molecule has 0 aliphatic heterocycles. The molecule has 1 aromatic rings. The maximum Gasteiger partial charge on any atom is 0.126 e. The van der Waals surface area contributed by atoms with Gasteiger partial charge in [0.15, 0.2) is 0 Å². The summed E-state index contributed by atoms with van der Waals surface area (Å²) in [7, 11) is 0. The van der Waals surface area contributed by atoms with Crippen LogP contribution in [-0.4, -0.2) is 13.1 Å². The lowest BCUT2D eigenvalue weighted by molar-refractivity contribution is 0.168. The van der Waals surface area contributed by atoms with Gasteiger partial charge in [0, 0.05) is 0 Å². The van der Waals surface area contributed by atoms with E-state index in [4.69, 9.17) is 0 Å². The Balaban J connectivity index is 1.78. The number of hydrogen-bond donors (Lipinski definition) is 1. The molecule has 2 rings (SSSR count). The van der Waals surface area contributed by atoms with Crippen LogP contribution in [0, 0.1) is 23.6 Å².